The second kappa shape index (κ2) is 3.90. The maximum atomic E-state index is 5.64. The van der Waals surface area contributed by atoms with Crippen molar-refractivity contribution in [2.24, 2.45) is 5.73 Å². The first kappa shape index (κ1) is 10.6. The maximum Gasteiger partial charge on any atom is 0.232 e. The van der Waals surface area contributed by atoms with Crippen LogP contribution < -0.4 is 5.73 Å². The normalized spacial score (nSPS) is 21.0. The highest BCUT2D eigenvalue weighted by Crippen LogP contribution is 2.37. The van der Waals surface area contributed by atoms with Crippen molar-refractivity contribution in [3.8, 4) is 0 Å². The van der Waals surface area contributed by atoms with Crippen molar-refractivity contribution in [1.29, 1.82) is 0 Å². The number of rotatable bonds is 4. The van der Waals surface area contributed by atoms with Crippen LogP contribution in [0.5, 0.6) is 0 Å². The van der Waals surface area contributed by atoms with Crippen molar-refractivity contribution in [1.82, 2.24) is 10.2 Å². The summed E-state index contributed by atoms with van der Waals surface area (Å²) in [6.45, 7) is 1.83. The molecule has 1 aromatic heterocycles. The van der Waals surface area contributed by atoms with Gasteiger partial charge in [0.15, 0.2) is 0 Å². The molecule has 1 unspecified atom stereocenters. The number of ether oxygens (including phenoxy) is 1. The number of hydrogen-bond donors (Lipinski definition) is 1. The highest BCUT2D eigenvalue weighted by atomic mass is 16.5. The minimum atomic E-state index is -0.203. The van der Waals surface area contributed by atoms with E-state index in [1.807, 2.05) is 6.92 Å². The van der Waals surface area contributed by atoms with Crippen LogP contribution in [0.15, 0.2) is 4.42 Å². The summed E-state index contributed by atoms with van der Waals surface area (Å²) >= 11 is 0. The lowest BCUT2D eigenvalue weighted by molar-refractivity contribution is -0.0747. The lowest BCUT2D eigenvalue weighted by Crippen LogP contribution is -2.41. The van der Waals surface area contributed by atoms with Crippen LogP contribution in [0.1, 0.15) is 44.0 Å². The molecule has 0 aliphatic heterocycles. The molecule has 0 spiro atoms. The Morgan fingerprint density at radius 3 is 2.67 bits per heavy atom. The van der Waals surface area contributed by atoms with Gasteiger partial charge in [-0.2, -0.15) is 0 Å². The zero-order chi connectivity index (χ0) is 10.9. The highest BCUT2D eigenvalue weighted by Gasteiger charge is 2.38. The van der Waals surface area contributed by atoms with Crippen LogP contribution in [0, 0.1) is 0 Å². The van der Waals surface area contributed by atoms with Gasteiger partial charge in [-0.1, -0.05) is 0 Å². The fraction of sp³-hybridized carbons (Fsp3) is 0.800. The lowest BCUT2D eigenvalue weighted by atomic mass is 9.77. The summed E-state index contributed by atoms with van der Waals surface area (Å²) < 4.78 is 10.9. The summed E-state index contributed by atoms with van der Waals surface area (Å²) in [5, 5.41) is 7.87. The first-order chi connectivity index (χ1) is 7.15. The summed E-state index contributed by atoms with van der Waals surface area (Å²) in [5.41, 5.74) is 5.57. The van der Waals surface area contributed by atoms with Gasteiger partial charge in [0.25, 0.3) is 0 Å². The van der Waals surface area contributed by atoms with Gasteiger partial charge < -0.3 is 14.9 Å². The van der Waals surface area contributed by atoms with E-state index in [1.54, 1.807) is 7.11 Å². The lowest BCUT2D eigenvalue weighted by Gasteiger charge is -2.39. The van der Waals surface area contributed by atoms with Crippen molar-refractivity contribution >= 4 is 0 Å². The highest BCUT2D eigenvalue weighted by molar-refractivity contribution is 4.98. The van der Waals surface area contributed by atoms with E-state index < -0.39 is 0 Å². The second-order valence-electron chi connectivity index (χ2n) is 4.24. The van der Waals surface area contributed by atoms with Gasteiger partial charge in [0.1, 0.15) is 0 Å². The average Bonchev–Trinajstić information content (AvgIpc) is 2.59. The number of nitrogens with two attached hydrogens (primary N) is 1. The van der Waals surface area contributed by atoms with Gasteiger partial charge in [-0.3, -0.25) is 0 Å². The molecule has 1 fully saturated rings. The maximum absolute atomic E-state index is 5.64. The molecule has 1 heterocycles. The van der Waals surface area contributed by atoms with Crippen molar-refractivity contribution in [2.45, 2.75) is 44.2 Å². The molecular weight excluding hydrogens is 194 g/mol. The summed E-state index contributed by atoms with van der Waals surface area (Å²) in [7, 11) is 1.74. The largest absolute Gasteiger partial charge is 0.423 e. The number of hydrogen-bond acceptors (Lipinski definition) is 5. The molecule has 0 amide bonds. The Bertz CT molecular complexity index is 326. The van der Waals surface area contributed by atoms with Crippen LogP contribution in [0.25, 0.3) is 0 Å². The van der Waals surface area contributed by atoms with Crippen molar-refractivity contribution in [2.75, 3.05) is 7.11 Å². The van der Waals surface area contributed by atoms with Crippen LogP contribution >= 0.6 is 0 Å². The SMILES string of the molecule is COC1(Cc2nnc(C(C)N)o2)CCC1. The van der Waals surface area contributed by atoms with E-state index in [-0.39, 0.29) is 11.6 Å². The average molecular weight is 211 g/mol. The Kier molecular flexibility index (Phi) is 2.75. The third-order valence-corrected chi connectivity index (χ3v) is 3.04. The molecule has 0 aromatic carbocycles. The molecule has 0 saturated heterocycles. The fourth-order valence-electron chi connectivity index (χ4n) is 1.82. The molecule has 15 heavy (non-hydrogen) atoms. The third-order valence-electron chi connectivity index (χ3n) is 3.04. The number of aromatic nitrogens is 2. The smallest absolute Gasteiger partial charge is 0.232 e. The van der Waals surface area contributed by atoms with Crippen LogP contribution in [0.3, 0.4) is 0 Å². The number of nitrogens with zero attached hydrogens (tertiary/aromatic N) is 2. The van der Waals surface area contributed by atoms with E-state index in [0.717, 1.165) is 12.8 Å². The van der Waals surface area contributed by atoms with Crippen LogP contribution in [-0.2, 0) is 11.2 Å². The van der Waals surface area contributed by atoms with E-state index >= 15 is 0 Å². The van der Waals surface area contributed by atoms with Gasteiger partial charge in [-0.05, 0) is 26.2 Å². The quantitative estimate of drug-likeness (QED) is 0.810. The van der Waals surface area contributed by atoms with Gasteiger partial charge in [0.05, 0.1) is 18.1 Å². The standard InChI is InChI=1S/C10H17N3O2/c1-7(11)9-13-12-8(15-9)6-10(14-2)4-3-5-10/h7H,3-6,11H2,1-2H3. The minimum absolute atomic E-state index is 0.0678. The van der Waals surface area contributed by atoms with Crippen LogP contribution in [-0.4, -0.2) is 22.9 Å². The number of methoxy groups -OCH3 is 1. The zero-order valence-corrected chi connectivity index (χ0v) is 9.19. The predicted octanol–water partition coefficient (Wildman–Crippen LogP) is 1.20. The Morgan fingerprint density at radius 2 is 2.27 bits per heavy atom. The molecule has 2 rings (SSSR count). The summed E-state index contributed by atoms with van der Waals surface area (Å²) in [6.07, 6.45) is 4.05. The van der Waals surface area contributed by atoms with Crippen LogP contribution in [0.2, 0.25) is 0 Å². The molecule has 1 aliphatic rings. The fourth-order valence-corrected chi connectivity index (χ4v) is 1.82. The Balaban J connectivity index is 2.04. The molecule has 5 nitrogen and oxygen atoms in total. The molecule has 1 aromatic rings. The molecule has 1 saturated carbocycles. The Hall–Kier alpha value is -0.940. The molecule has 0 bridgehead atoms. The predicted molar refractivity (Wildman–Crippen MR) is 54.2 cm³/mol. The monoisotopic (exact) mass is 211 g/mol. The van der Waals surface area contributed by atoms with Gasteiger partial charge in [0.2, 0.25) is 11.8 Å². The molecule has 1 atom stereocenters. The second-order valence-corrected chi connectivity index (χ2v) is 4.24. The van der Waals surface area contributed by atoms with E-state index in [0.29, 0.717) is 18.2 Å². The molecule has 5 heteroatoms. The third kappa shape index (κ3) is 2.03. The molecular formula is C10H17N3O2. The van der Waals surface area contributed by atoms with Crippen molar-refractivity contribution < 1.29 is 9.15 Å². The summed E-state index contributed by atoms with van der Waals surface area (Å²) in [5.74, 6) is 1.12. The van der Waals surface area contributed by atoms with Crippen LogP contribution in [0.4, 0.5) is 0 Å². The molecule has 2 N–H and O–H groups in total. The first-order valence-electron chi connectivity index (χ1n) is 5.28. The van der Waals surface area contributed by atoms with Crippen molar-refractivity contribution in [3.63, 3.8) is 0 Å². The molecule has 84 valence electrons. The van der Waals surface area contributed by atoms with Crippen molar-refractivity contribution in [3.05, 3.63) is 11.8 Å². The van der Waals surface area contributed by atoms with E-state index in [9.17, 15) is 0 Å². The van der Waals surface area contributed by atoms with Gasteiger partial charge in [-0.25, -0.2) is 0 Å². The Labute approximate surface area is 89.0 Å². The van der Waals surface area contributed by atoms with Gasteiger partial charge in [-0.15, -0.1) is 10.2 Å². The molecule has 1 aliphatic carbocycles. The summed E-state index contributed by atoms with van der Waals surface area (Å²) in [4.78, 5) is 0. The first-order valence-corrected chi connectivity index (χ1v) is 5.28. The van der Waals surface area contributed by atoms with Gasteiger partial charge >= 0.3 is 0 Å². The molecule has 0 radical (unpaired) electrons. The Morgan fingerprint density at radius 1 is 1.53 bits per heavy atom. The van der Waals surface area contributed by atoms with Gasteiger partial charge in [0, 0.05) is 7.11 Å². The van der Waals surface area contributed by atoms with E-state index in [4.69, 9.17) is 14.9 Å². The minimum Gasteiger partial charge on any atom is -0.423 e. The summed E-state index contributed by atoms with van der Waals surface area (Å²) in [6, 6.07) is -0.203. The van der Waals surface area contributed by atoms with E-state index in [2.05, 4.69) is 10.2 Å². The zero-order valence-electron chi connectivity index (χ0n) is 9.19. The topological polar surface area (TPSA) is 74.2 Å². The van der Waals surface area contributed by atoms with E-state index in [1.165, 1.54) is 6.42 Å².